The molecule has 3 aromatic rings. The number of ether oxygens (including phenoxy) is 4. The lowest BCUT2D eigenvalue weighted by molar-refractivity contribution is -0.128. The molecule has 2 aliphatic rings. The van der Waals surface area contributed by atoms with E-state index in [4.69, 9.17) is 18.9 Å². The van der Waals surface area contributed by atoms with E-state index < -0.39 is 0 Å². The molecule has 2 unspecified atom stereocenters. The van der Waals surface area contributed by atoms with Crippen LogP contribution in [0.25, 0.3) is 0 Å². The summed E-state index contributed by atoms with van der Waals surface area (Å²) in [6.07, 6.45) is 2.98. The summed E-state index contributed by atoms with van der Waals surface area (Å²) in [6, 6.07) is 20.6. The average molecular weight is 649 g/mol. The van der Waals surface area contributed by atoms with Crippen LogP contribution in [-0.4, -0.2) is 89.0 Å². The molecule has 2 heterocycles. The van der Waals surface area contributed by atoms with Gasteiger partial charge < -0.3 is 28.7 Å². The standard InChI is InChI=1S/C37H50N3O5S/c1-27(2)40(37(41)28(3)30-13-7-10-16-35(30)46-40)31-14-8-9-15-32(31)45-24-12-11-18-38-20-22-39(23-21-38)19-17-29-25-33(42-4)36(44-6)34(26-29)43-5/h7-10,13-16,25-28H,11-12,17-24H2,1-6H3/q+1. The minimum atomic E-state index is -0.178. The molecule has 8 nitrogen and oxygen atoms in total. The van der Waals surface area contributed by atoms with Crippen LogP contribution in [0.3, 0.4) is 0 Å². The Morgan fingerprint density at radius 3 is 2.11 bits per heavy atom. The second-order valence-corrected chi connectivity index (χ2v) is 13.6. The molecule has 3 aromatic carbocycles. The molecule has 248 valence electrons. The zero-order valence-corrected chi connectivity index (χ0v) is 29.1. The summed E-state index contributed by atoms with van der Waals surface area (Å²) in [4.78, 5) is 20.3. The number of hydrogen-bond donors (Lipinski definition) is 0. The van der Waals surface area contributed by atoms with Gasteiger partial charge >= 0.3 is 5.91 Å². The molecule has 9 heteroatoms. The predicted octanol–water partition coefficient (Wildman–Crippen LogP) is 6.80. The molecule has 1 fully saturated rings. The van der Waals surface area contributed by atoms with E-state index in [9.17, 15) is 4.79 Å². The van der Waals surface area contributed by atoms with Gasteiger partial charge in [-0.25, -0.2) is 4.79 Å². The maximum absolute atomic E-state index is 14.0. The number of para-hydroxylation sites is 2. The number of fused-ring (bicyclic) bond motifs is 1. The second kappa shape index (κ2) is 15.6. The van der Waals surface area contributed by atoms with Gasteiger partial charge in [-0.15, -0.1) is 0 Å². The van der Waals surface area contributed by atoms with Crippen LogP contribution in [-0.2, 0) is 11.2 Å². The number of nitrogens with zero attached hydrogens (tertiary/aromatic N) is 3. The quantitative estimate of drug-likeness (QED) is 0.108. The van der Waals surface area contributed by atoms with Crippen LogP contribution >= 0.6 is 11.9 Å². The fraction of sp³-hybridized carbons (Fsp3) is 0.486. The molecule has 0 bridgehead atoms. The summed E-state index contributed by atoms with van der Waals surface area (Å²) >= 11 is 1.64. The maximum atomic E-state index is 14.0. The van der Waals surface area contributed by atoms with Gasteiger partial charge in [0.25, 0.3) is 0 Å². The molecule has 0 aromatic heterocycles. The fourth-order valence-electron chi connectivity index (χ4n) is 6.62. The van der Waals surface area contributed by atoms with E-state index in [1.165, 1.54) is 10.5 Å². The Morgan fingerprint density at radius 2 is 1.46 bits per heavy atom. The third-order valence-electron chi connectivity index (χ3n) is 9.31. The van der Waals surface area contributed by atoms with Crippen molar-refractivity contribution in [2.45, 2.75) is 56.9 Å². The van der Waals surface area contributed by atoms with Crippen LogP contribution in [0.4, 0.5) is 5.69 Å². The van der Waals surface area contributed by atoms with Crippen molar-refractivity contribution < 1.29 is 23.7 Å². The van der Waals surface area contributed by atoms with E-state index in [0.717, 1.165) is 75.5 Å². The molecule has 0 saturated carbocycles. The number of quaternary nitrogens is 1. The van der Waals surface area contributed by atoms with E-state index in [0.29, 0.717) is 23.9 Å². The van der Waals surface area contributed by atoms with Crippen molar-refractivity contribution in [3.05, 3.63) is 71.8 Å². The van der Waals surface area contributed by atoms with E-state index in [2.05, 4.69) is 47.9 Å². The summed E-state index contributed by atoms with van der Waals surface area (Å²) in [7, 11) is 4.95. The number of hydrogen-bond acceptors (Lipinski definition) is 8. The Hall–Kier alpha value is -3.24. The molecule has 46 heavy (non-hydrogen) atoms. The highest BCUT2D eigenvalue weighted by molar-refractivity contribution is 7.99. The van der Waals surface area contributed by atoms with Crippen molar-refractivity contribution in [3.8, 4) is 23.0 Å². The normalized spacial score (nSPS) is 20.4. The van der Waals surface area contributed by atoms with E-state index in [-0.39, 0.29) is 21.8 Å². The molecular formula is C37H50N3O5S+. The van der Waals surface area contributed by atoms with Crippen LogP contribution in [0, 0.1) is 0 Å². The molecule has 2 aliphatic heterocycles. The first-order valence-electron chi connectivity index (χ1n) is 16.5. The highest BCUT2D eigenvalue weighted by Crippen LogP contribution is 2.52. The predicted molar refractivity (Wildman–Crippen MR) is 187 cm³/mol. The van der Waals surface area contributed by atoms with Crippen LogP contribution < -0.4 is 22.8 Å². The number of carbonyl (C=O) groups excluding carboxylic acids is 1. The zero-order chi connectivity index (χ0) is 32.7. The van der Waals surface area contributed by atoms with Crippen molar-refractivity contribution in [3.63, 3.8) is 0 Å². The van der Waals surface area contributed by atoms with Crippen LogP contribution in [0.5, 0.6) is 23.0 Å². The molecule has 1 saturated heterocycles. The number of benzene rings is 3. The van der Waals surface area contributed by atoms with Crippen LogP contribution in [0.2, 0.25) is 0 Å². The fourth-order valence-corrected chi connectivity index (χ4v) is 8.13. The van der Waals surface area contributed by atoms with Crippen LogP contribution in [0.15, 0.2) is 65.6 Å². The Labute approximate surface area is 279 Å². The number of carbonyl (C=O) groups is 1. The SMILES string of the molecule is COc1cc(CCN2CCN(CCCCOc3ccccc3[N+]3(C(C)C)Sc4ccccc4C(C)C3=O)CC2)cc(OC)c1OC. The lowest BCUT2D eigenvalue weighted by Crippen LogP contribution is -2.56. The molecule has 2 atom stereocenters. The monoisotopic (exact) mass is 648 g/mol. The Balaban J connectivity index is 1.10. The van der Waals surface area contributed by atoms with Crippen molar-refractivity contribution >= 4 is 23.5 Å². The largest absolute Gasteiger partial charge is 0.493 e. The molecular weight excluding hydrogens is 598 g/mol. The Kier molecular flexibility index (Phi) is 11.5. The molecule has 0 radical (unpaired) electrons. The first-order chi connectivity index (χ1) is 22.3. The summed E-state index contributed by atoms with van der Waals surface area (Å²) in [5.41, 5.74) is 3.24. The third kappa shape index (κ3) is 7.18. The third-order valence-corrected chi connectivity index (χ3v) is 11.0. The first-order valence-corrected chi connectivity index (χ1v) is 17.3. The molecule has 0 N–H and O–H groups in total. The lowest BCUT2D eigenvalue weighted by atomic mass is 9.98. The Morgan fingerprint density at radius 1 is 0.826 bits per heavy atom. The van der Waals surface area contributed by atoms with E-state index >= 15 is 0 Å². The van der Waals surface area contributed by atoms with Gasteiger partial charge in [-0.05, 0) is 82.0 Å². The lowest BCUT2D eigenvalue weighted by Gasteiger charge is -2.42. The van der Waals surface area contributed by atoms with Crippen molar-refractivity contribution in [2.24, 2.45) is 0 Å². The Bertz CT molecular complexity index is 1450. The van der Waals surface area contributed by atoms with Crippen LogP contribution in [0.1, 0.15) is 50.7 Å². The van der Waals surface area contributed by atoms with Gasteiger partial charge in [0.2, 0.25) is 5.75 Å². The van der Waals surface area contributed by atoms with E-state index in [1.54, 1.807) is 33.3 Å². The molecule has 1 amide bonds. The summed E-state index contributed by atoms with van der Waals surface area (Å²) in [5.74, 6) is 2.88. The van der Waals surface area contributed by atoms with Gasteiger partial charge in [-0.1, -0.05) is 30.3 Å². The molecule has 0 aliphatic carbocycles. The minimum Gasteiger partial charge on any atom is -0.493 e. The minimum absolute atomic E-state index is 0.0542. The highest BCUT2D eigenvalue weighted by atomic mass is 32.2. The van der Waals surface area contributed by atoms with Crippen molar-refractivity contribution in [2.75, 3.05) is 67.2 Å². The maximum Gasteiger partial charge on any atom is 0.338 e. The molecule has 0 spiro atoms. The van der Waals surface area contributed by atoms with Crippen molar-refractivity contribution in [1.29, 1.82) is 0 Å². The summed E-state index contributed by atoms with van der Waals surface area (Å²) < 4.78 is 23.1. The highest BCUT2D eigenvalue weighted by Gasteiger charge is 2.53. The van der Waals surface area contributed by atoms with E-state index in [1.807, 2.05) is 43.3 Å². The topological polar surface area (TPSA) is 60.5 Å². The van der Waals surface area contributed by atoms with Gasteiger partial charge in [0.1, 0.15) is 18.0 Å². The number of unbranched alkanes of at least 4 members (excludes halogenated alkanes) is 1. The summed E-state index contributed by atoms with van der Waals surface area (Å²) in [6.45, 7) is 13.3. The van der Waals surface area contributed by atoms with Gasteiger partial charge in [0, 0.05) is 38.8 Å². The number of amides is 1. The smallest absolute Gasteiger partial charge is 0.338 e. The summed E-state index contributed by atoms with van der Waals surface area (Å²) in [5, 5.41) is 0. The number of piperazine rings is 1. The number of rotatable bonds is 14. The van der Waals surface area contributed by atoms with Crippen molar-refractivity contribution in [1.82, 2.24) is 13.7 Å². The van der Waals surface area contributed by atoms with Gasteiger partial charge in [0.15, 0.2) is 22.9 Å². The molecule has 5 rings (SSSR count). The van der Waals surface area contributed by atoms with Gasteiger partial charge in [-0.2, -0.15) is 3.89 Å². The second-order valence-electron chi connectivity index (χ2n) is 12.4. The zero-order valence-electron chi connectivity index (χ0n) is 28.3. The first kappa shape index (κ1) is 34.1. The van der Waals surface area contributed by atoms with Gasteiger partial charge in [-0.3, -0.25) is 0 Å². The number of methoxy groups -OCH3 is 3. The van der Waals surface area contributed by atoms with Gasteiger partial charge in [0.05, 0.1) is 38.7 Å². The average Bonchev–Trinajstić information content (AvgIpc) is 3.08.